The summed E-state index contributed by atoms with van der Waals surface area (Å²) < 4.78 is 16.5. The van der Waals surface area contributed by atoms with Gasteiger partial charge < -0.3 is 24.1 Å². The van der Waals surface area contributed by atoms with Crippen molar-refractivity contribution in [2.75, 3.05) is 25.1 Å². The number of hydrogen-bond donors (Lipinski definition) is 1. The molecular formula is C19H24N2O4. The molecule has 134 valence electrons. The molecule has 2 heterocycles. The van der Waals surface area contributed by atoms with Crippen molar-refractivity contribution < 1.29 is 18.7 Å². The summed E-state index contributed by atoms with van der Waals surface area (Å²) in [6.45, 7) is 4.27. The molecule has 1 aromatic heterocycles. The molecule has 0 unspecified atom stereocenters. The topological polar surface area (TPSA) is 63.9 Å². The van der Waals surface area contributed by atoms with E-state index in [9.17, 15) is 4.79 Å². The van der Waals surface area contributed by atoms with Gasteiger partial charge in [0.15, 0.2) is 0 Å². The van der Waals surface area contributed by atoms with Crippen molar-refractivity contribution in [3.8, 4) is 5.75 Å². The Balaban J connectivity index is 1.64. The highest BCUT2D eigenvalue weighted by Gasteiger charge is 2.23. The first-order valence-corrected chi connectivity index (χ1v) is 8.67. The summed E-state index contributed by atoms with van der Waals surface area (Å²) >= 11 is 0. The lowest BCUT2D eigenvalue weighted by atomic mass is 10.2. The molecule has 0 saturated carbocycles. The van der Waals surface area contributed by atoms with Gasteiger partial charge in [0.2, 0.25) is 0 Å². The van der Waals surface area contributed by atoms with E-state index >= 15 is 0 Å². The quantitative estimate of drug-likeness (QED) is 0.827. The monoisotopic (exact) mass is 344 g/mol. The molecule has 6 nitrogen and oxygen atoms in total. The van der Waals surface area contributed by atoms with Gasteiger partial charge in [0.1, 0.15) is 11.5 Å². The van der Waals surface area contributed by atoms with Crippen LogP contribution in [0.15, 0.2) is 47.1 Å². The van der Waals surface area contributed by atoms with Crippen LogP contribution in [0.5, 0.6) is 5.75 Å². The second-order valence-corrected chi connectivity index (χ2v) is 5.98. The maximum absolute atomic E-state index is 12.7. The van der Waals surface area contributed by atoms with Gasteiger partial charge in [-0.1, -0.05) is 0 Å². The van der Waals surface area contributed by atoms with E-state index in [2.05, 4.69) is 5.32 Å². The second-order valence-electron chi connectivity index (χ2n) is 5.98. The lowest BCUT2D eigenvalue weighted by Gasteiger charge is -2.25. The fourth-order valence-electron chi connectivity index (χ4n) is 2.85. The molecule has 1 aromatic carbocycles. The molecule has 1 N–H and O–H groups in total. The third-order valence-electron chi connectivity index (χ3n) is 4.08. The molecule has 25 heavy (non-hydrogen) atoms. The van der Waals surface area contributed by atoms with E-state index in [4.69, 9.17) is 13.9 Å². The first-order chi connectivity index (χ1) is 12.2. The summed E-state index contributed by atoms with van der Waals surface area (Å²) in [7, 11) is 0. The van der Waals surface area contributed by atoms with E-state index in [1.807, 2.05) is 43.3 Å². The number of hydrogen-bond acceptors (Lipinski definition) is 4. The van der Waals surface area contributed by atoms with Gasteiger partial charge in [-0.25, -0.2) is 4.79 Å². The Hall–Kier alpha value is -2.47. The summed E-state index contributed by atoms with van der Waals surface area (Å²) in [6, 6.07) is 10.9. The van der Waals surface area contributed by atoms with Gasteiger partial charge in [-0.3, -0.25) is 0 Å². The average Bonchev–Trinajstić information content (AvgIpc) is 3.30. The van der Waals surface area contributed by atoms with Gasteiger partial charge in [-0.05, 0) is 56.2 Å². The van der Waals surface area contributed by atoms with Gasteiger partial charge in [0.05, 0.1) is 25.5 Å². The summed E-state index contributed by atoms with van der Waals surface area (Å²) in [5, 5.41) is 2.93. The molecule has 0 radical (unpaired) electrons. The molecule has 2 amide bonds. The highest BCUT2D eigenvalue weighted by atomic mass is 16.5. The van der Waals surface area contributed by atoms with Gasteiger partial charge in [-0.2, -0.15) is 0 Å². The molecule has 1 fully saturated rings. The second kappa shape index (κ2) is 8.58. The van der Waals surface area contributed by atoms with Crippen LogP contribution in [0.3, 0.4) is 0 Å². The first-order valence-electron chi connectivity index (χ1n) is 8.67. The molecule has 2 aromatic rings. The summed E-state index contributed by atoms with van der Waals surface area (Å²) in [5.41, 5.74) is 0.727. The van der Waals surface area contributed by atoms with Crippen molar-refractivity contribution in [1.29, 1.82) is 0 Å². The average molecular weight is 344 g/mol. The smallest absolute Gasteiger partial charge is 0.322 e. The number of amides is 2. The molecule has 0 bridgehead atoms. The van der Waals surface area contributed by atoms with E-state index < -0.39 is 0 Å². The van der Waals surface area contributed by atoms with Crippen LogP contribution in [0, 0.1) is 0 Å². The Bertz CT molecular complexity index is 649. The van der Waals surface area contributed by atoms with Crippen LogP contribution < -0.4 is 10.1 Å². The van der Waals surface area contributed by atoms with Crippen LogP contribution in [0.2, 0.25) is 0 Å². The molecule has 0 aliphatic carbocycles. The van der Waals surface area contributed by atoms with Gasteiger partial charge >= 0.3 is 6.03 Å². The number of rotatable bonds is 7. The lowest BCUT2D eigenvalue weighted by molar-refractivity contribution is 0.0803. The number of anilines is 1. The van der Waals surface area contributed by atoms with Crippen molar-refractivity contribution in [3.63, 3.8) is 0 Å². The largest absolute Gasteiger partial charge is 0.494 e. The van der Waals surface area contributed by atoms with Crippen LogP contribution in [0.25, 0.3) is 0 Å². The number of nitrogens with zero attached hydrogens (tertiary/aromatic N) is 1. The molecule has 1 saturated heterocycles. The van der Waals surface area contributed by atoms with E-state index in [0.29, 0.717) is 19.7 Å². The maximum Gasteiger partial charge on any atom is 0.322 e. The molecule has 1 aliphatic heterocycles. The van der Waals surface area contributed by atoms with E-state index in [-0.39, 0.29) is 12.1 Å². The van der Waals surface area contributed by atoms with E-state index in [0.717, 1.165) is 36.6 Å². The summed E-state index contributed by atoms with van der Waals surface area (Å²) in [5.74, 6) is 1.53. The highest BCUT2D eigenvalue weighted by molar-refractivity contribution is 5.89. The molecular weight excluding hydrogens is 320 g/mol. The standard InChI is InChI=1S/C19H24N2O4/c1-2-23-16-9-7-15(8-10-16)20-19(22)21(13-17-5-3-11-24-17)14-18-6-4-12-25-18/h3,5,7-11,18H,2,4,6,12-14H2,1H3,(H,20,22)/t18-/m1/s1. The number of ether oxygens (including phenoxy) is 2. The number of carbonyl (C=O) groups excluding carboxylic acids is 1. The minimum absolute atomic E-state index is 0.0843. The summed E-state index contributed by atoms with van der Waals surface area (Å²) in [6.07, 6.45) is 3.72. The van der Waals surface area contributed by atoms with Crippen molar-refractivity contribution in [2.45, 2.75) is 32.4 Å². The Morgan fingerprint density at radius 3 is 2.80 bits per heavy atom. The molecule has 3 rings (SSSR count). The fraction of sp³-hybridized carbons (Fsp3) is 0.421. The number of benzene rings is 1. The maximum atomic E-state index is 12.7. The molecule has 6 heteroatoms. The van der Waals surface area contributed by atoms with Crippen LogP contribution in [-0.2, 0) is 11.3 Å². The van der Waals surface area contributed by atoms with E-state index in [1.54, 1.807) is 11.2 Å². The predicted molar refractivity (Wildman–Crippen MR) is 94.7 cm³/mol. The van der Waals surface area contributed by atoms with Crippen molar-refractivity contribution in [2.24, 2.45) is 0 Å². The number of nitrogens with one attached hydrogen (secondary N) is 1. The SMILES string of the molecule is CCOc1ccc(NC(=O)N(Cc2ccco2)C[C@H]2CCCO2)cc1. The van der Waals surface area contributed by atoms with Crippen LogP contribution >= 0.6 is 0 Å². The Morgan fingerprint density at radius 1 is 1.32 bits per heavy atom. The molecule has 1 aliphatic rings. The highest BCUT2D eigenvalue weighted by Crippen LogP contribution is 2.19. The minimum Gasteiger partial charge on any atom is -0.494 e. The zero-order valence-electron chi connectivity index (χ0n) is 14.4. The predicted octanol–water partition coefficient (Wildman–Crippen LogP) is 3.89. The first kappa shape index (κ1) is 17.4. The number of carbonyl (C=O) groups is 1. The summed E-state index contributed by atoms with van der Waals surface area (Å²) in [4.78, 5) is 14.5. The van der Waals surface area contributed by atoms with Gasteiger partial charge in [0.25, 0.3) is 0 Å². The van der Waals surface area contributed by atoms with Gasteiger partial charge in [0, 0.05) is 18.8 Å². The Morgan fingerprint density at radius 2 is 2.16 bits per heavy atom. The van der Waals surface area contributed by atoms with Gasteiger partial charge in [-0.15, -0.1) is 0 Å². The zero-order chi connectivity index (χ0) is 17.5. The fourth-order valence-corrected chi connectivity index (χ4v) is 2.85. The van der Waals surface area contributed by atoms with Crippen molar-refractivity contribution in [1.82, 2.24) is 4.90 Å². The third-order valence-corrected chi connectivity index (χ3v) is 4.08. The Labute approximate surface area is 147 Å². The molecule has 1 atom stereocenters. The van der Waals surface area contributed by atoms with E-state index in [1.165, 1.54) is 0 Å². The Kier molecular flexibility index (Phi) is 5.95. The minimum atomic E-state index is -0.170. The van der Waals surface area contributed by atoms with Crippen LogP contribution in [0.1, 0.15) is 25.5 Å². The van der Waals surface area contributed by atoms with Crippen molar-refractivity contribution in [3.05, 3.63) is 48.4 Å². The van der Waals surface area contributed by atoms with Crippen LogP contribution in [0.4, 0.5) is 10.5 Å². The number of urea groups is 1. The zero-order valence-corrected chi connectivity index (χ0v) is 14.4. The van der Waals surface area contributed by atoms with Crippen molar-refractivity contribution >= 4 is 11.7 Å². The normalized spacial score (nSPS) is 16.6. The number of furan rings is 1. The third kappa shape index (κ3) is 5.00. The lowest BCUT2D eigenvalue weighted by Crippen LogP contribution is -2.39. The van der Waals surface area contributed by atoms with Crippen LogP contribution in [-0.4, -0.2) is 36.8 Å². The molecule has 0 spiro atoms.